The van der Waals surface area contributed by atoms with Crippen molar-refractivity contribution in [2.75, 3.05) is 13.2 Å². The van der Waals surface area contributed by atoms with Gasteiger partial charge in [-0.2, -0.15) is 9.90 Å². The van der Waals surface area contributed by atoms with Crippen LogP contribution in [-0.2, 0) is 6.42 Å². The fourth-order valence-corrected chi connectivity index (χ4v) is 2.67. The number of hydrogen-bond acceptors (Lipinski definition) is 4. The molecular weight excluding hydrogens is 328 g/mol. The van der Waals surface area contributed by atoms with Gasteiger partial charge in [0.2, 0.25) is 0 Å². The summed E-state index contributed by atoms with van der Waals surface area (Å²) in [5, 5.41) is 11.6. The normalized spacial score (nSPS) is 10.5. The van der Waals surface area contributed by atoms with Crippen molar-refractivity contribution in [1.29, 1.82) is 0 Å². The predicted octanol–water partition coefficient (Wildman–Crippen LogP) is 2.95. The Kier molecular flexibility index (Phi) is 5.63. The molecule has 134 valence electrons. The summed E-state index contributed by atoms with van der Waals surface area (Å²) < 4.78 is 5.61. The summed E-state index contributed by atoms with van der Waals surface area (Å²) in [5.74, 6) is 0.633. The van der Waals surface area contributed by atoms with Gasteiger partial charge in [0.05, 0.1) is 18.0 Å². The highest BCUT2D eigenvalue weighted by molar-refractivity contribution is 5.93. The molecule has 0 saturated carbocycles. The lowest BCUT2D eigenvalue weighted by Gasteiger charge is -2.10. The number of benzene rings is 2. The monoisotopic (exact) mass is 350 g/mol. The van der Waals surface area contributed by atoms with Crippen molar-refractivity contribution in [2.45, 2.75) is 20.3 Å². The number of nitrogens with zero attached hydrogens (tertiary/aromatic N) is 3. The third-order valence-electron chi connectivity index (χ3n) is 3.94. The van der Waals surface area contributed by atoms with Gasteiger partial charge in [0, 0.05) is 6.54 Å². The molecule has 1 amide bonds. The van der Waals surface area contributed by atoms with Crippen molar-refractivity contribution < 1.29 is 9.53 Å². The van der Waals surface area contributed by atoms with Crippen LogP contribution in [0.2, 0.25) is 0 Å². The largest absolute Gasteiger partial charge is 0.494 e. The molecule has 0 fully saturated rings. The van der Waals surface area contributed by atoms with Gasteiger partial charge >= 0.3 is 0 Å². The summed E-state index contributed by atoms with van der Waals surface area (Å²) in [4.78, 5) is 13.9. The highest BCUT2D eigenvalue weighted by Gasteiger charge is 2.16. The second kappa shape index (κ2) is 8.29. The molecule has 0 spiro atoms. The number of carbonyl (C=O) groups excluding carboxylic acids is 1. The van der Waals surface area contributed by atoms with Gasteiger partial charge in [-0.05, 0) is 44.0 Å². The fraction of sp³-hybridized carbons (Fsp3) is 0.250. The lowest BCUT2D eigenvalue weighted by molar-refractivity contribution is 0.0948. The van der Waals surface area contributed by atoms with Gasteiger partial charge in [0.25, 0.3) is 5.91 Å². The molecule has 3 aromatic rings. The average molecular weight is 350 g/mol. The topological polar surface area (TPSA) is 69.0 Å². The van der Waals surface area contributed by atoms with Crippen molar-refractivity contribution in [3.05, 3.63) is 71.5 Å². The molecule has 0 atom stereocenters. The maximum absolute atomic E-state index is 12.5. The molecule has 6 nitrogen and oxygen atoms in total. The van der Waals surface area contributed by atoms with E-state index in [4.69, 9.17) is 4.74 Å². The van der Waals surface area contributed by atoms with Gasteiger partial charge in [-0.25, -0.2) is 0 Å². The molecule has 2 aromatic carbocycles. The second-order valence-electron chi connectivity index (χ2n) is 5.81. The Morgan fingerprint density at radius 2 is 1.81 bits per heavy atom. The van der Waals surface area contributed by atoms with E-state index in [9.17, 15) is 4.79 Å². The Hall–Kier alpha value is -3.15. The number of rotatable bonds is 7. The molecule has 1 heterocycles. The predicted molar refractivity (Wildman–Crippen MR) is 99.7 cm³/mol. The first-order valence-corrected chi connectivity index (χ1v) is 8.67. The highest BCUT2D eigenvalue weighted by atomic mass is 16.5. The van der Waals surface area contributed by atoms with Crippen LogP contribution in [0, 0.1) is 6.92 Å². The van der Waals surface area contributed by atoms with E-state index in [2.05, 4.69) is 15.5 Å². The van der Waals surface area contributed by atoms with Crippen LogP contribution in [0.3, 0.4) is 0 Å². The van der Waals surface area contributed by atoms with Crippen LogP contribution in [0.4, 0.5) is 0 Å². The number of hydrogen-bond donors (Lipinski definition) is 1. The van der Waals surface area contributed by atoms with Crippen molar-refractivity contribution in [3.8, 4) is 11.4 Å². The molecule has 0 unspecified atom stereocenters. The number of ether oxygens (including phenoxy) is 1. The smallest absolute Gasteiger partial charge is 0.273 e. The minimum absolute atomic E-state index is 0.224. The summed E-state index contributed by atoms with van der Waals surface area (Å²) in [6.45, 7) is 4.86. The second-order valence-corrected chi connectivity index (χ2v) is 5.81. The number of amides is 1. The summed E-state index contributed by atoms with van der Waals surface area (Å²) in [6.07, 6.45) is 0.688. The van der Waals surface area contributed by atoms with Gasteiger partial charge in [-0.1, -0.05) is 36.4 Å². The van der Waals surface area contributed by atoms with E-state index < -0.39 is 0 Å². The highest BCUT2D eigenvalue weighted by Crippen LogP contribution is 2.18. The first-order chi connectivity index (χ1) is 12.7. The van der Waals surface area contributed by atoms with Crippen LogP contribution in [0.25, 0.3) is 5.69 Å². The lowest BCUT2D eigenvalue weighted by atomic mass is 10.1. The van der Waals surface area contributed by atoms with E-state index in [1.165, 1.54) is 4.80 Å². The van der Waals surface area contributed by atoms with Gasteiger partial charge in [0.15, 0.2) is 5.69 Å². The Morgan fingerprint density at radius 1 is 1.08 bits per heavy atom. The third kappa shape index (κ3) is 4.08. The van der Waals surface area contributed by atoms with Crippen LogP contribution < -0.4 is 10.1 Å². The lowest BCUT2D eigenvalue weighted by Crippen LogP contribution is -2.27. The van der Waals surface area contributed by atoms with Gasteiger partial charge < -0.3 is 10.1 Å². The molecule has 3 rings (SSSR count). The average Bonchev–Trinajstić information content (AvgIpc) is 3.06. The van der Waals surface area contributed by atoms with Gasteiger partial charge in [-0.3, -0.25) is 4.79 Å². The SMILES string of the molecule is CCOc1ccccc1CCNC(=O)c1nn(-c2ccccc2)nc1C. The molecule has 0 aliphatic heterocycles. The summed E-state index contributed by atoms with van der Waals surface area (Å²) in [5.41, 5.74) is 2.83. The Balaban J connectivity index is 1.63. The number of para-hydroxylation sites is 2. The van der Waals surface area contributed by atoms with E-state index in [1.54, 1.807) is 6.92 Å². The van der Waals surface area contributed by atoms with Crippen LogP contribution in [0.1, 0.15) is 28.7 Å². The van der Waals surface area contributed by atoms with Crippen LogP contribution in [-0.4, -0.2) is 34.1 Å². The summed E-state index contributed by atoms with van der Waals surface area (Å²) in [6, 6.07) is 17.4. The molecule has 0 aliphatic rings. The Bertz CT molecular complexity index is 875. The number of aryl methyl sites for hydroxylation is 1. The molecule has 26 heavy (non-hydrogen) atoms. The molecule has 1 N–H and O–H groups in total. The van der Waals surface area contributed by atoms with Crippen molar-refractivity contribution >= 4 is 5.91 Å². The molecular formula is C20H22N4O2. The molecule has 0 saturated heterocycles. The zero-order chi connectivity index (χ0) is 18.4. The third-order valence-corrected chi connectivity index (χ3v) is 3.94. The minimum atomic E-state index is -0.224. The van der Waals surface area contributed by atoms with E-state index in [0.717, 1.165) is 17.0 Å². The van der Waals surface area contributed by atoms with E-state index in [0.29, 0.717) is 31.0 Å². The maximum Gasteiger partial charge on any atom is 0.273 e. The fourth-order valence-electron chi connectivity index (χ4n) is 2.67. The maximum atomic E-state index is 12.5. The van der Waals surface area contributed by atoms with Crippen molar-refractivity contribution in [3.63, 3.8) is 0 Å². The van der Waals surface area contributed by atoms with Crippen molar-refractivity contribution in [2.24, 2.45) is 0 Å². The zero-order valence-electron chi connectivity index (χ0n) is 15.0. The first-order valence-electron chi connectivity index (χ1n) is 8.67. The first kappa shape index (κ1) is 17.7. The number of aromatic nitrogens is 3. The van der Waals surface area contributed by atoms with E-state index >= 15 is 0 Å². The zero-order valence-corrected chi connectivity index (χ0v) is 15.0. The standard InChI is InChI=1S/C20H22N4O2/c1-3-26-18-12-8-7-9-16(18)13-14-21-20(25)19-15(2)22-24(23-19)17-10-5-4-6-11-17/h4-12H,3,13-14H2,1-2H3,(H,21,25). The van der Waals surface area contributed by atoms with E-state index in [-0.39, 0.29) is 5.91 Å². The summed E-state index contributed by atoms with van der Waals surface area (Å²) >= 11 is 0. The quantitative estimate of drug-likeness (QED) is 0.711. The molecule has 1 aromatic heterocycles. The Labute approximate surface area is 152 Å². The molecule has 6 heteroatoms. The van der Waals surface area contributed by atoms with Crippen LogP contribution in [0.5, 0.6) is 5.75 Å². The number of nitrogens with one attached hydrogen (secondary N) is 1. The Morgan fingerprint density at radius 3 is 2.58 bits per heavy atom. The van der Waals surface area contributed by atoms with E-state index in [1.807, 2.05) is 61.5 Å². The number of carbonyl (C=O) groups is 1. The van der Waals surface area contributed by atoms with Gasteiger partial charge in [0.1, 0.15) is 5.75 Å². The summed E-state index contributed by atoms with van der Waals surface area (Å²) in [7, 11) is 0. The molecule has 0 radical (unpaired) electrons. The molecule has 0 bridgehead atoms. The van der Waals surface area contributed by atoms with Crippen LogP contribution in [0.15, 0.2) is 54.6 Å². The van der Waals surface area contributed by atoms with Crippen molar-refractivity contribution in [1.82, 2.24) is 20.3 Å². The minimum Gasteiger partial charge on any atom is -0.494 e. The van der Waals surface area contributed by atoms with Gasteiger partial charge in [-0.15, -0.1) is 5.10 Å². The van der Waals surface area contributed by atoms with Crippen LogP contribution >= 0.6 is 0 Å². The molecule has 0 aliphatic carbocycles.